The van der Waals surface area contributed by atoms with Gasteiger partial charge in [-0.25, -0.2) is 4.79 Å². The van der Waals surface area contributed by atoms with Gasteiger partial charge in [0.1, 0.15) is 17.7 Å². The molecule has 1 aromatic rings. The summed E-state index contributed by atoms with van der Waals surface area (Å²) in [5.74, 6) is -1.00. The molecule has 1 aliphatic heterocycles. The monoisotopic (exact) mass is 529 g/mol. The summed E-state index contributed by atoms with van der Waals surface area (Å²) in [5.41, 5.74) is 4.26. The summed E-state index contributed by atoms with van der Waals surface area (Å²) in [6.45, 7) is 10.9. The molecular formula is C22H32BrN3O5S. The van der Waals surface area contributed by atoms with Gasteiger partial charge in [0.05, 0.1) is 6.10 Å². The van der Waals surface area contributed by atoms with Gasteiger partial charge in [0.15, 0.2) is 0 Å². The Morgan fingerprint density at radius 2 is 1.75 bits per heavy atom. The molecule has 10 heteroatoms. The molecule has 1 saturated heterocycles. The van der Waals surface area contributed by atoms with Gasteiger partial charge in [0.25, 0.3) is 0 Å². The first-order valence-electron chi connectivity index (χ1n) is 10.4. The third-order valence-electron chi connectivity index (χ3n) is 4.74. The first-order chi connectivity index (χ1) is 14.7. The van der Waals surface area contributed by atoms with Crippen LogP contribution in [0.25, 0.3) is 0 Å². The molecule has 178 valence electrons. The molecule has 3 atom stereocenters. The first kappa shape index (κ1) is 26.5. The largest absolute Gasteiger partial charge is 0.444 e. The highest BCUT2D eigenvalue weighted by Crippen LogP contribution is 2.31. The number of ether oxygens (including phenoxy) is 1. The molecule has 0 radical (unpaired) electrons. The van der Waals surface area contributed by atoms with Gasteiger partial charge in [0, 0.05) is 34.4 Å². The summed E-state index contributed by atoms with van der Waals surface area (Å²) in [5, 5.41) is 2.67. The van der Waals surface area contributed by atoms with Crippen LogP contribution in [0.4, 0.5) is 4.79 Å². The van der Waals surface area contributed by atoms with Crippen LogP contribution in [0.1, 0.15) is 48.0 Å². The molecule has 2 rings (SSSR count). The molecule has 1 heterocycles. The fourth-order valence-electron chi connectivity index (χ4n) is 3.23. The minimum atomic E-state index is -0.905. The number of nitrogens with two attached hydrogens (primary N) is 1. The van der Waals surface area contributed by atoms with Gasteiger partial charge in [-0.05, 0) is 50.5 Å². The van der Waals surface area contributed by atoms with Crippen LogP contribution in [0.5, 0.6) is 0 Å². The van der Waals surface area contributed by atoms with Gasteiger partial charge >= 0.3 is 6.09 Å². The number of rotatable bonds is 6. The second-order valence-electron chi connectivity index (χ2n) is 9.85. The molecule has 0 bridgehead atoms. The summed E-state index contributed by atoms with van der Waals surface area (Å²) in [6, 6.07) is 5.88. The Labute approximate surface area is 202 Å². The number of carbonyl (C=O) groups is 3. The van der Waals surface area contributed by atoms with Crippen molar-refractivity contribution in [3.8, 4) is 0 Å². The van der Waals surface area contributed by atoms with E-state index in [0.717, 1.165) is 9.37 Å². The van der Waals surface area contributed by atoms with Crippen LogP contribution >= 0.6 is 28.0 Å². The molecule has 8 nitrogen and oxygen atoms in total. The lowest BCUT2D eigenvalue weighted by Gasteiger charge is -2.35. The fraction of sp³-hybridized carbons (Fsp3) is 0.591. The summed E-state index contributed by atoms with van der Waals surface area (Å²) >= 11 is 4.57. The van der Waals surface area contributed by atoms with Crippen molar-refractivity contribution >= 4 is 45.9 Å². The summed E-state index contributed by atoms with van der Waals surface area (Å²) < 4.78 is 12.2. The van der Waals surface area contributed by atoms with Crippen molar-refractivity contribution in [3.63, 3.8) is 0 Å². The number of hydrogen-bond acceptors (Lipinski definition) is 6. The zero-order chi connectivity index (χ0) is 24.3. The molecule has 32 heavy (non-hydrogen) atoms. The van der Waals surface area contributed by atoms with Crippen molar-refractivity contribution in [2.75, 3.05) is 6.54 Å². The van der Waals surface area contributed by atoms with Crippen LogP contribution in [0.3, 0.4) is 0 Å². The van der Waals surface area contributed by atoms with Gasteiger partial charge in [-0.2, -0.15) is 0 Å². The second kappa shape index (κ2) is 10.4. The number of hydrogen-bond donors (Lipinski definition) is 2. The van der Waals surface area contributed by atoms with Crippen LogP contribution in [0.15, 0.2) is 33.6 Å². The smallest absolute Gasteiger partial charge is 0.408 e. The molecule has 0 unspecified atom stereocenters. The van der Waals surface area contributed by atoms with Crippen LogP contribution < -0.4 is 11.1 Å². The zero-order valence-electron chi connectivity index (χ0n) is 19.3. The number of alkyl carbamates (subject to hydrolysis) is 1. The highest BCUT2D eigenvalue weighted by Gasteiger charge is 2.45. The number of amides is 3. The number of primary amides is 1. The van der Waals surface area contributed by atoms with E-state index < -0.39 is 41.0 Å². The summed E-state index contributed by atoms with van der Waals surface area (Å²) in [4.78, 5) is 40.2. The van der Waals surface area contributed by atoms with E-state index >= 15 is 0 Å². The van der Waals surface area contributed by atoms with Crippen molar-refractivity contribution in [1.82, 2.24) is 10.2 Å². The van der Waals surface area contributed by atoms with E-state index in [2.05, 4.69) is 21.2 Å². The minimum Gasteiger partial charge on any atom is -0.444 e. The summed E-state index contributed by atoms with van der Waals surface area (Å²) in [7, 11) is 0. The first-order valence-corrected chi connectivity index (χ1v) is 11.9. The highest BCUT2D eigenvalue weighted by molar-refractivity contribution is 9.10. The Hall–Kier alpha value is -1.78. The lowest BCUT2D eigenvalue weighted by atomic mass is 9.85. The van der Waals surface area contributed by atoms with Crippen molar-refractivity contribution in [2.24, 2.45) is 11.1 Å². The topological polar surface area (TPSA) is 111 Å². The molecule has 1 aliphatic rings. The lowest BCUT2D eigenvalue weighted by molar-refractivity contribution is -0.141. The SMILES string of the molecule is CC(C)(C)OC(=O)N[C@H](C(=O)N1C[C@H](OSc2ccc(Br)cc2)C[C@H]1C(N)=O)C(C)(C)C. The Bertz CT molecular complexity index is 835. The number of likely N-dealkylation sites (tertiary alicyclic amines) is 1. The Kier molecular flexibility index (Phi) is 8.63. The van der Waals surface area contributed by atoms with Crippen LogP contribution in [-0.2, 0) is 18.5 Å². The molecule has 3 amide bonds. The second-order valence-corrected chi connectivity index (χ2v) is 11.6. The van der Waals surface area contributed by atoms with Gasteiger partial charge in [-0.3, -0.25) is 9.59 Å². The normalized spacial score (nSPS) is 20.0. The van der Waals surface area contributed by atoms with Gasteiger partial charge in [0.2, 0.25) is 11.8 Å². The van der Waals surface area contributed by atoms with Crippen LogP contribution in [0.2, 0.25) is 0 Å². The molecule has 3 N–H and O–H groups in total. The third-order valence-corrected chi connectivity index (χ3v) is 6.10. The average molecular weight is 530 g/mol. The van der Waals surface area contributed by atoms with Crippen molar-refractivity contribution in [2.45, 2.75) is 76.6 Å². The van der Waals surface area contributed by atoms with E-state index in [9.17, 15) is 14.4 Å². The number of benzene rings is 1. The Morgan fingerprint density at radius 1 is 1.16 bits per heavy atom. The fourth-order valence-corrected chi connectivity index (χ4v) is 4.13. The van der Waals surface area contributed by atoms with Gasteiger partial charge in [-0.15, -0.1) is 0 Å². The van der Waals surface area contributed by atoms with E-state index in [1.807, 2.05) is 45.0 Å². The molecular weight excluding hydrogens is 498 g/mol. The number of halogens is 1. The predicted octanol–water partition coefficient (Wildman–Crippen LogP) is 3.87. The highest BCUT2D eigenvalue weighted by atomic mass is 79.9. The van der Waals surface area contributed by atoms with E-state index in [1.54, 1.807) is 20.8 Å². The van der Waals surface area contributed by atoms with E-state index in [4.69, 9.17) is 14.7 Å². The van der Waals surface area contributed by atoms with Crippen molar-refractivity contribution < 1.29 is 23.3 Å². The Balaban J connectivity index is 2.13. The number of carbonyl (C=O) groups excluding carboxylic acids is 3. The van der Waals surface area contributed by atoms with Gasteiger partial charge < -0.3 is 24.9 Å². The maximum Gasteiger partial charge on any atom is 0.408 e. The maximum atomic E-state index is 13.4. The number of nitrogens with zero attached hydrogens (tertiary/aromatic N) is 1. The minimum absolute atomic E-state index is 0.193. The van der Waals surface area contributed by atoms with Crippen molar-refractivity contribution in [1.29, 1.82) is 0 Å². The molecule has 0 spiro atoms. The van der Waals surface area contributed by atoms with Crippen LogP contribution in [-0.4, -0.2) is 53.1 Å². The van der Waals surface area contributed by atoms with E-state index in [1.165, 1.54) is 16.9 Å². The maximum absolute atomic E-state index is 13.4. The standard InChI is InChI=1S/C22H32BrN3O5S/c1-21(2,3)17(25-20(29)30-22(4,5)6)19(28)26-12-14(11-16(26)18(24)27)31-32-15-9-7-13(23)8-10-15/h7-10,14,16-17H,11-12H2,1-6H3,(H2,24,27)(H,25,29)/t14-,16+,17-/m1/s1. The molecule has 0 aromatic heterocycles. The summed E-state index contributed by atoms with van der Waals surface area (Å²) in [6.07, 6.45) is -0.792. The quantitative estimate of drug-likeness (QED) is 0.541. The third kappa shape index (κ3) is 7.67. The van der Waals surface area contributed by atoms with Crippen LogP contribution in [0, 0.1) is 5.41 Å². The average Bonchev–Trinajstić information content (AvgIpc) is 3.07. The van der Waals surface area contributed by atoms with Gasteiger partial charge in [-0.1, -0.05) is 36.7 Å². The molecule has 1 aromatic carbocycles. The Morgan fingerprint density at radius 3 is 2.25 bits per heavy atom. The van der Waals surface area contributed by atoms with E-state index in [0.29, 0.717) is 0 Å². The van der Waals surface area contributed by atoms with Crippen molar-refractivity contribution in [3.05, 3.63) is 28.7 Å². The number of nitrogens with one attached hydrogen (secondary N) is 1. The zero-order valence-corrected chi connectivity index (χ0v) is 21.7. The van der Waals surface area contributed by atoms with E-state index in [-0.39, 0.29) is 19.1 Å². The predicted molar refractivity (Wildman–Crippen MR) is 127 cm³/mol. The molecule has 1 fully saturated rings. The lowest BCUT2D eigenvalue weighted by Crippen LogP contribution is -2.57. The molecule has 0 aliphatic carbocycles. The molecule has 0 saturated carbocycles.